The Kier molecular flexibility index (Phi) is 7.02. The van der Waals surface area contributed by atoms with Crippen molar-refractivity contribution >= 4 is 18.2 Å². The maximum absolute atomic E-state index is 12.3. The second kappa shape index (κ2) is 8.52. The molecule has 0 aliphatic carbocycles. The van der Waals surface area contributed by atoms with Crippen LogP contribution in [0.2, 0.25) is 0 Å². The summed E-state index contributed by atoms with van der Waals surface area (Å²) in [7, 11) is 0. The summed E-state index contributed by atoms with van der Waals surface area (Å²) in [5.74, 6) is 1.67. The van der Waals surface area contributed by atoms with E-state index in [9.17, 15) is 4.39 Å². The molecule has 6 heteroatoms. The number of hydrogen-bond donors (Lipinski definition) is 1. The first kappa shape index (κ1) is 17.3. The van der Waals surface area contributed by atoms with E-state index in [4.69, 9.17) is 4.74 Å². The molecule has 0 unspecified atom stereocenters. The zero-order valence-electron chi connectivity index (χ0n) is 12.3. The van der Waals surface area contributed by atoms with Crippen molar-refractivity contribution in [1.82, 2.24) is 9.78 Å². The Balaban J connectivity index is 0.00000220. The Bertz CT molecular complexity index is 542. The highest BCUT2D eigenvalue weighted by Gasteiger charge is 2.04. The van der Waals surface area contributed by atoms with Crippen LogP contribution in [0.5, 0.6) is 5.75 Å². The van der Waals surface area contributed by atoms with Crippen LogP contribution in [0.3, 0.4) is 0 Å². The molecule has 0 aliphatic heterocycles. The molecule has 1 N–H and O–H groups in total. The number of anilines is 1. The van der Waals surface area contributed by atoms with E-state index in [1.165, 1.54) is 0 Å². The van der Waals surface area contributed by atoms with Crippen molar-refractivity contribution in [3.8, 4) is 5.75 Å². The molecule has 2 aromatic rings. The molecule has 0 fully saturated rings. The molecule has 0 saturated heterocycles. The van der Waals surface area contributed by atoms with E-state index >= 15 is 0 Å². The third-order valence-electron chi connectivity index (χ3n) is 2.95. The maximum Gasteiger partial charge on any atom is 0.151 e. The third-order valence-corrected chi connectivity index (χ3v) is 2.95. The predicted octanol–water partition coefficient (Wildman–Crippen LogP) is 3.59. The molecule has 0 aliphatic rings. The van der Waals surface area contributed by atoms with Crippen LogP contribution < -0.4 is 10.1 Å². The number of ether oxygens (including phenoxy) is 1. The fourth-order valence-corrected chi connectivity index (χ4v) is 1.95. The van der Waals surface area contributed by atoms with Gasteiger partial charge < -0.3 is 10.1 Å². The summed E-state index contributed by atoms with van der Waals surface area (Å²) in [5.41, 5.74) is 2.16. The van der Waals surface area contributed by atoms with Gasteiger partial charge in [0.05, 0.1) is 13.2 Å². The first-order chi connectivity index (χ1) is 9.72. The molecule has 1 aromatic heterocycles. The lowest BCUT2D eigenvalue weighted by atomic mass is 10.2. The van der Waals surface area contributed by atoms with Gasteiger partial charge in [-0.2, -0.15) is 5.10 Å². The number of halogens is 2. The summed E-state index contributed by atoms with van der Waals surface area (Å²) >= 11 is 0. The molecule has 0 saturated carbocycles. The number of aryl methyl sites for hydroxylation is 2. The molecule has 4 nitrogen and oxygen atoms in total. The van der Waals surface area contributed by atoms with E-state index < -0.39 is 6.67 Å². The van der Waals surface area contributed by atoms with E-state index in [-0.39, 0.29) is 12.4 Å². The number of aromatic nitrogens is 2. The molecule has 21 heavy (non-hydrogen) atoms. The quantitative estimate of drug-likeness (QED) is 0.849. The molecule has 0 spiro atoms. The number of nitrogens with one attached hydrogen (secondary N) is 1. The molecule has 2 rings (SSSR count). The van der Waals surface area contributed by atoms with Crippen LogP contribution in [0.4, 0.5) is 10.2 Å². The summed E-state index contributed by atoms with van der Waals surface area (Å²) in [6, 6.07) is 7.95. The topological polar surface area (TPSA) is 39.1 Å². The van der Waals surface area contributed by atoms with Gasteiger partial charge in [-0.05, 0) is 31.5 Å². The average Bonchev–Trinajstić information content (AvgIpc) is 2.79. The van der Waals surface area contributed by atoms with Gasteiger partial charge in [0.25, 0.3) is 0 Å². The number of nitrogens with zero attached hydrogens (tertiary/aromatic N) is 2. The largest absolute Gasteiger partial charge is 0.494 e. The van der Waals surface area contributed by atoms with Gasteiger partial charge in [0.1, 0.15) is 12.4 Å². The highest BCUT2D eigenvalue weighted by Crippen LogP contribution is 2.15. The van der Waals surface area contributed by atoms with Crippen LogP contribution in [-0.2, 0) is 13.1 Å². The number of alkyl halides is 1. The predicted molar refractivity (Wildman–Crippen MR) is 85.1 cm³/mol. The lowest BCUT2D eigenvalue weighted by Gasteiger charge is -2.06. The van der Waals surface area contributed by atoms with E-state index in [1.807, 2.05) is 44.3 Å². The van der Waals surface area contributed by atoms with Crippen LogP contribution in [0.1, 0.15) is 18.1 Å². The van der Waals surface area contributed by atoms with Crippen molar-refractivity contribution in [2.75, 3.05) is 18.6 Å². The van der Waals surface area contributed by atoms with Gasteiger partial charge in [0.15, 0.2) is 5.82 Å². The second-order valence-corrected chi connectivity index (χ2v) is 4.54. The third kappa shape index (κ3) is 4.93. The average molecular weight is 314 g/mol. The van der Waals surface area contributed by atoms with Crippen molar-refractivity contribution in [2.24, 2.45) is 0 Å². The summed E-state index contributed by atoms with van der Waals surface area (Å²) in [6.45, 7) is 5.17. The minimum atomic E-state index is -0.403. The Morgan fingerprint density at radius 3 is 2.62 bits per heavy atom. The van der Waals surface area contributed by atoms with Gasteiger partial charge in [-0.3, -0.25) is 4.68 Å². The molecule has 0 atom stereocenters. The number of rotatable bonds is 7. The summed E-state index contributed by atoms with van der Waals surface area (Å²) in [4.78, 5) is 0. The van der Waals surface area contributed by atoms with Crippen molar-refractivity contribution in [3.05, 3.63) is 41.6 Å². The lowest BCUT2D eigenvalue weighted by Crippen LogP contribution is -2.04. The van der Waals surface area contributed by atoms with E-state index in [1.54, 1.807) is 4.68 Å². The van der Waals surface area contributed by atoms with Crippen molar-refractivity contribution < 1.29 is 9.13 Å². The molecule has 0 bridgehead atoms. The molecule has 0 radical (unpaired) electrons. The van der Waals surface area contributed by atoms with Gasteiger partial charge in [-0.1, -0.05) is 12.1 Å². The van der Waals surface area contributed by atoms with Crippen LogP contribution >= 0.6 is 12.4 Å². The minimum absolute atomic E-state index is 0. The van der Waals surface area contributed by atoms with Gasteiger partial charge in [-0.25, -0.2) is 4.39 Å². The maximum atomic E-state index is 12.3. The van der Waals surface area contributed by atoms with Crippen LogP contribution in [0, 0.1) is 6.92 Å². The Morgan fingerprint density at radius 1 is 1.29 bits per heavy atom. The van der Waals surface area contributed by atoms with Crippen molar-refractivity contribution in [3.63, 3.8) is 0 Å². The Morgan fingerprint density at radius 2 is 2.00 bits per heavy atom. The monoisotopic (exact) mass is 313 g/mol. The molecule has 0 amide bonds. The van der Waals surface area contributed by atoms with Crippen LogP contribution in [0.25, 0.3) is 0 Å². The minimum Gasteiger partial charge on any atom is -0.494 e. The summed E-state index contributed by atoms with van der Waals surface area (Å²) in [6.07, 6.45) is 1.85. The number of hydrogen-bond acceptors (Lipinski definition) is 3. The van der Waals surface area contributed by atoms with Gasteiger partial charge in [0, 0.05) is 18.3 Å². The fraction of sp³-hybridized carbons (Fsp3) is 0.400. The first-order valence-electron chi connectivity index (χ1n) is 6.78. The summed E-state index contributed by atoms with van der Waals surface area (Å²) < 4.78 is 19.3. The number of benzene rings is 1. The molecule has 1 aromatic carbocycles. The zero-order chi connectivity index (χ0) is 14.4. The molecule has 116 valence electrons. The zero-order valence-corrected chi connectivity index (χ0v) is 13.1. The SMILES string of the molecule is CCOc1ccc(CNc2nn(CCF)cc2C)cc1.Cl. The second-order valence-electron chi connectivity index (χ2n) is 4.54. The smallest absolute Gasteiger partial charge is 0.151 e. The Hall–Kier alpha value is -1.75. The molecular formula is C15H21ClFN3O. The highest BCUT2D eigenvalue weighted by molar-refractivity contribution is 5.85. The molecule has 1 heterocycles. The normalized spacial score (nSPS) is 10.0. The first-order valence-corrected chi connectivity index (χ1v) is 6.78. The summed E-state index contributed by atoms with van der Waals surface area (Å²) in [5, 5.41) is 7.57. The van der Waals surface area contributed by atoms with E-state index in [0.29, 0.717) is 19.7 Å². The van der Waals surface area contributed by atoms with E-state index in [2.05, 4.69) is 10.4 Å². The van der Waals surface area contributed by atoms with E-state index in [0.717, 1.165) is 22.7 Å². The highest BCUT2D eigenvalue weighted by atomic mass is 35.5. The lowest BCUT2D eigenvalue weighted by molar-refractivity contribution is 0.340. The van der Waals surface area contributed by atoms with Crippen LogP contribution in [-0.4, -0.2) is 23.1 Å². The standard InChI is InChI=1S/C15H20FN3O.ClH/c1-3-20-14-6-4-13(5-7-14)10-17-15-12(2)11-19(18-15)9-8-16;/h4-7,11H,3,8-10H2,1-2H3,(H,17,18);1H. The van der Waals surface area contributed by atoms with Gasteiger partial charge >= 0.3 is 0 Å². The van der Waals surface area contributed by atoms with Crippen molar-refractivity contribution in [2.45, 2.75) is 26.9 Å². The Labute approximate surface area is 130 Å². The molecular weight excluding hydrogens is 293 g/mol. The van der Waals surface area contributed by atoms with Gasteiger partial charge in [-0.15, -0.1) is 12.4 Å². The van der Waals surface area contributed by atoms with Gasteiger partial charge in [0.2, 0.25) is 0 Å². The van der Waals surface area contributed by atoms with Crippen LogP contribution in [0.15, 0.2) is 30.5 Å². The fourth-order valence-electron chi connectivity index (χ4n) is 1.95. The van der Waals surface area contributed by atoms with Crippen molar-refractivity contribution in [1.29, 1.82) is 0 Å².